The normalized spacial score (nSPS) is 23.5. The largest absolute Gasteiger partial charge is 0.477 e. The molecular weight excluding hydrogens is 482 g/mol. The Kier molecular flexibility index (Phi) is 6.64. The van der Waals surface area contributed by atoms with Gasteiger partial charge < -0.3 is 9.53 Å². The number of carboxylic acids is 1. The monoisotopic (exact) mass is 511 g/mol. The Bertz CT molecular complexity index is 880. The van der Waals surface area contributed by atoms with Crippen LogP contribution in [0, 0.1) is 11.3 Å². The highest BCUT2D eigenvalue weighted by molar-refractivity contribution is 9.08. The van der Waals surface area contributed by atoms with E-state index in [1.165, 1.54) is 16.7 Å². The number of carbonyl (C=O) groups is 2. The Morgan fingerprint density at radius 3 is 2.30 bits per heavy atom. The van der Waals surface area contributed by atoms with Crippen molar-refractivity contribution in [1.29, 1.82) is 0 Å². The van der Waals surface area contributed by atoms with Crippen LogP contribution >= 0.6 is 27.7 Å². The van der Waals surface area contributed by atoms with Crippen molar-refractivity contribution >= 4 is 53.5 Å². The van der Waals surface area contributed by atoms with Crippen LogP contribution in [-0.2, 0) is 19.3 Å². The minimum absolute atomic E-state index is 0.0959. The molecule has 1 aromatic rings. The highest BCUT2D eigenvalue weighted by Gasteiger charge is 2.66. The second-order valence-corrected chi connectivity index (χ2v) is 13.2. The van der Waals surface area contributed by atoms with Crippen molar-refractivity contribution in [3.63, 3.8) is 0 Å². The average Bonchev–Trinajstić information content (AvgIpc) is 3.01. The van der Waals surface area contributed by atoms with E-state index in [1.807, 2.05) is 24.3 Å². The summed E-state index contributed by atoms with van der Waals surface area (Å²) in [5.41, 5.74) is 1.18. The van der Waals surface area contributed by atoms with Gasteiger partial charge >= 0.3 is 5.97 Å². The maximum Gasteiger partial charge on any atom is 0.353 e. The fraction of sp³-hybridized carbons (Fsp3) is 0.545. The van der Waals surface area contributed by atoms with E-state index in [1.54, 1.807) is 0 Å². The van der Waals surface area contributed by atoms with Crippen molar-refractivity contribution in [1.82, 2.24) is 4.90 Å². The van der Waals surface area contributed by atoms with Gasteiger partial charge in [0.15, 0.2) is 9.04 Å². The van der Waals surface area contributed by atoms with Crippen LogP contribution in [0.5, 0.6) is 0 Å². The lowest BCUT2D eigenvalue weighted by atomic mass is 9.64. The second-order valence-electron chi connectivity index (χ2n) is 9.17. The van der Waals surface area contributed by atoms with Crippen molar-refractivity contribution in [2.24, 2.45) is 11.3 Å². The third-order valence-corrected chi connectivity index (χ3v) is 8.98. The van der Waals surface area contributed by atoms with Gasteiger partial charge in [0.05, 0.1) is 11.5 Å². The number of amides is 1. The Labute approximate surface area is 193 Å². The van der Waals surface area contributed by atoms with Crippen molar-refractivity contribution in [2.75, 3.05) is 0 Å². The number of aliphatic carboxylic acids is 1. The molecule has 164 valence electrons. The zero-order valence-electron chi connectivity index (χ0n) is 18.4. The van der Waals surface area contributed by atoms with Gasteiger partial charge in [0.1, 0.15) is 11.1 Å². The molecule has 2 heterocycles. The SMILES string of the molecule is CC[C@](O[SiH](C)C)([C@@H]1C(=O)N2C(C(=O)O)=C(c3ccc(CBr)cc3)S[C@H]12)C(C)(C)C. The minimum atomic E-state index is -1.45. The number of hydrogen-bond donors (Lipinski definition) is 1. The molecule has 30 heavy (non-hydrogen) atoms. The summed E-state index contributed by atoms with van der Waals surface area (Å²) in [6.45, 7) is 12.7. The lowest BCUT2D eigenvalue weighted by Crippen LogP contribution is -2.70. The minimum Gasteiger partial charge on any atom is -0.477 e. The summed E-state index contributed by atoms with van der Waals surface area (Å²) in [5.74, 6) is -1.56. The number of benzene rings is 1. The topological polar surface area (TPSA) is 66.8 Å². The van der Waals surface area contributed by atoms with Crippen LogP contribution in [0.25, 0.3) is 4.91 Å². The molecule has 3 rings (SSSR count). The quantitative estimate of drug-likeness (QED) is 0.314. The summed E-state index contributed by atoms with van der Waals surface area (Å²) in [5, 5.41) is 10.4. The molecule has 1 aromatic carbocycles. The Morgan fingerprint density at radius 2 is 1.87 bits per heavy atom. The number of alkyl halides is 1. The molecule has 1 saturated heterocycles. The summed E-state index contributed by atoms with van der Waals surface area (Å²) in [4.78, 5) is 27.7. The third kappa shape index (κ3) is 3.70. The van der Waals surface area contributed by atoms with Crippen LogP contribution in [0.1, 0.15) is 45.2 Å². The number of β-lactam (4-membered cyclic amide) rings is 1. The highest BCUT2D eigenvalue weighted by atomic mass is 79.9. The number of rotatable bonds is 7. The molecule has 0 bridgehead atoms. The van der Waals surface area contributed by atoms with E-state index in [0.29, 0.717) is 11.3 Å². The molecule has 0 unspecified atom stereocenters. The van der Waals surface area contributed by atoms with Gasteiger partial charge in [0, 0.05) is 10.2 Å². The number of fused-ring (bicyclic) bond motifs is 1. The number of thioether (sulfide) groups is 1. The van der Waals surface area contributed by atoms with Crippen molar-refractivity contribution < 1.29 is 19.1 Å². The molecule has 1 amide bonds. The molecule has 0 aromatic heterocycles. The molecular formula is C22H30BrNO4SSi. The Morgan fingerprint density at radius 1 is 1.27 bits per heavy atom. The molecule has 8 heteroatoms. The van der Waals surface area contributed by atoms with Crippen LogP contribution in [0.3, 0.4) is 0 Å². The molecule has 2 aliphatic heterocycles. The second kappa shape index (κ2) is 8.45. The summed E-state index contributed by atoms with van der Waals surface area (Å²) in [6.07, 6.45) is 0.709. The first-order valence-corrected chi connectivity index (χ1v) is 15.1. The maximum atomic E-state index is 13.4. The number of hydrogen-bond acceptors (Lipinski definition) is 4. The zero-order valence-corrected chi connectivity index (χ0v) is 21.9. The van der Waals surface area contributed by atoms with Gasteiger partial charge in [-0.2, -0.15) is 0 Å². The first-order valence-electron chi connectivity index (χ1n) is 10.3. The van der Waals surface area contributed by atoms with E-state index in [9.17, 15) is 14.7 Å². The van der Waals surface area contributed by atoms with Gasteiger partial charge in [-0.25, -0.2) is 4.79 Å². The number of carbonyl (C=O) groups excluding carboxylic acids is 1. The van der Waals surface area contributed by atoms with Crippen LogP contribution in [0.15, 0.2) is 30.0 Å². The molecule has 5 nitrogen and oxygen atoms in total. The summed E-state index contributed by atoms with van der Waals surface area (Å²) >= 11 is 4.93. The molecule has 1 N–H and O–H groups in total. The third-order valence-electron chi connectivity index (χ3n) is 6.05. The van der Waals surface area contributed by atoms with E-state index >= 15 is 0 Å². The molecule has 0 spiro atoms. The van der Waals surface area contributed by atoms with E-state index < -0.39 is 20.6 Å². The molecule has 1 fully saturated rings. The van der Waals surface area contributed by atoms with E-state index in [-0.39, 0.29) is 28.3 Å². The van der Waals surface area contributed by atoms with Gasteiger partial charge in [0.25, 0.3) is 0 Å². The maximum absolute atomic E-state index is 13.4. The summed E-state index contributed by atoms with van der Waals surface area (Å²) < 4.78 is 6.61. The van der Waals surface area contributed by atoms with Crippen LogP contribution in [-0.4, -0.2) is 41.9 Å². The van der Waals surface area contributed by atoms with Crippen molar-refractivity contribution in [3.8, 4) is 0 Å². The summed E-state index contributed by atoms with van der Waals surface area (Å²) in [7, 11) is -1.45. The molecule has 0 aliphatic carbocycles. The number of halogens is 1. The smallest absolute Gasteiger partial charge is 0.353 e. The Hall–Kier alpha value is -1.09. The van der Waals surface area contributed by atoms with Crippen molar-refractivity contribution in [2.45, 2.75) is 63.5 Å². The average molecular weight is 513 g/mol. The molecule has 0 radical (unpaired) electrons. The first-order chi connectivity index (χ1) is 14.0. The van der Waals surface area contributed by atoms with Gasteiger partial charge in [-0.3, -0.25) is 9.69 Å². The fourth-order valence-electron chi connectivity index (χ4n) is 4.66. The zero-order chi connectivity index (χ0) is 22.4. The highest BCUT2D eigenvalue weighted by Crippen LogP contribution is 2.59. The standard InChI is InChI=1S/C22H30BrNO4SSi/c1-7-22(21(2,3)4,28-30(5)6)15-18(25)24-16(20(26)27)17(29-19(15)24)14-10-8-13(12-23)9-11-14/h8-11,15,19,30H,7,12H2,1-6H3,(H,26,27)/t15-,19-,22+/m1/s1. The van der Waals surface area contributed by atoms with Gasteiger partial charge in [-0.05, 0) is 36.1 Å². The molecule has 0 saturated carbocycles. The van der Waals surface area contributed by atoms with E-state index in [2.05, 4.69) is 56.7 Å². The van der Waals surface area contributed by atoms with E-state index in [0.717, 1.165) is 16.5 Å². The Balaban J connectivity index is 2.03. The lowest BCUT2D eigenvalue weighted by Gasteiger charge is -2.57. The van der Waals surface area contributed by atoms with Crippen LogP contribution < -0.4 is 0 Å². The van der Waals surface area contributed by atoms with E-state index in [4.69, 9.17) is 4.43 Å². The van der Waals surface area contributed by atoms with Crippen molar-refractivity contribution in [3.05, 3.63) is 41.1 Å². The molecule has 2 aliphatic rings. The summed E-state index contributed by atoms with van der Waals surface area (Å²) in [6, 6.07) is 7.82. The first kappa shape index (κ1) is 23.6. The van der Waals surface area contributed by atoms with Gasteiger partial charge in [-0.15, -0.1) is 0 Å². The lowest BCUT2D eigenvalue weighted by molar-refractivity contribution is -0.177. The number of nitrogens with zero attached hydrogens (tertiary/aromatic N) is 1. The fourth-order valence-corrected chi connectivity index (χ4v) is 8.14. The number of carboxylic acid groups (broad SMARTS) is 1. The van der Waals surface area contributed by atoms with Crippen LogP contribution in [0.4, 0.5) is 0 Å². The predicted octanol–water partition coefficient (Wildman–Crippen LogP) is 5.06. The van der Waals surface area contributed by atoms with Crippen LogP contribution in [0.2, 0.25) is 13.1 Å². The molecule has 3 atom stereocenters. The predicted molar refractivity (Wildman–Crippen MR) is 128 cm³/mol. The van der Waals surface area contributed by atoms with Gasteiger partial charge in [-0.1, -0.05) is 79.7 Å². The van der Waals surface area contributed by atoms with Gasteiger partial charge in [0.2, 0.25) is 5.91 Å².